The van der Waals surface area contributed by atoms with E-state index in [0.29, 0.717) is 12.3 Å². The van der Waals surface area contributed by atoms with E-state index in [1.54, 1.807) is 19.4 Å². The van der Waals surface area contributed by atoms with Crippen LogP contribution in [0.2, 0.25) is 0 Å². The first-order valence-electron chi connectivity index (χ1n) is 6.39. The number of benzene rings is 1. The van der Waals surface area contributed by atoms with Crippen molar-refractivity contribution < 1.29 is 9.53 Å². The molecule has 0 N–H and O–H groups in total. The zero-order valence-electron chi connectivity index (χ0n) is 11.5. The molecule has 0 saturated heterocycles. The van der Waals surface area contributed by atoms with Crippen LogP contribution in [0.3, 0.4) is 0 Å². The summed E-state index contributed by atoms with van der Waals surface area (Å²) in [6.45, 7) is 6.27. The van der Waals surface area contributed by atoms with Gasteiger partial charge in [-0.15, -0.1) is 0 Å². The first kappa shape index (κ1) is 13.3. The van der Waals surface area contributed by atoms with E-state index in [4.69, 9.17) is 4.74 Å². The predicted molar refractivity (Wildman–Crippen MR) is 73.2 cm³/mol. The number of rotatable bonds is 4. The van der Waals surface area contributed by atoms with E-state index < -0.39 is 0 Å². The molecular weight excluding hydrogens is 240 g/mol. The molecule has 1 aromatic heterocycles. The molecule has 0 spiro atoms. The summed E-state index contributed by atoms with van der Waals surface area (Å²) in [4.78, 5) is 15.9. The van der Waals surface area contributed by atoms with Crippen LogP contribution >= 0.6 is 0 Å². The summed E-state index contributed by atoms with van der Waals surface area (Å²) in [5.74, 6) is -0.333. The fourth-order valence-corrected chi connectivity index (χ4v) is 2.18. The molecule has 0 saturated carbocycles. The molecule has 0 amide bonds. The molecule has 1 unspecified atom stereocenters. The summed E-state index contributed by atoms with van der Waals surface area (Å²) in [6, 6.07) is 8.18. The molecule has 2 rings (SSSR count). The molecule has 0 fully saturated rings. The normalized spacial score (nSPS) is 12.2. The summed E-state index contributed by atoms with van der Waals surface area (Å²) in [7, 11) is 0. The number of aromatic nitrogens is 2. The highest BCUT2D eigenvalue weighted by molar-refractivity contribution is 5.87. The molecule has 100 valence electrons. The fourth-order valence-electron chi connectivity index (χ4n) is 2.18. The first-order chi connectivity index (χ1) is 9.15. The Bertz CT molecular complexity index is 575. The van der Waals surface area contributed by atoms with E-state index in [2.05, 4.69) is 24.0 Å². The Hall–Kier alpha value is -2.10. The van der Waals surface area contributed by atoms with Crippen LogP contribution in [0.1, 0.15) is 41.5 Å². The Morgan fingerprint density at radius 3 is 2.84 bits per heavy atom. The Morgan fingerprint density at radius 2 is 2.16 bits per heavy atom. The Labute approximate surface area is 113 Å². The zero-order chi connectivity index (χ0) is 13.8. The van der Waals surface area contributed by atoms with Crippen LogP contribution < -0.4 is 0 Å². The van der Waals surface area contributed by atoms with Gasteiger partial charge in [0.05, 0.1) is 25.2 Å². The second-order valence-electron chi connectivity index (χ2n) is 4.44. The monoisotopic (exact) mass is 258 g/mol. The van der Waals surface area contributed by atoms with Crippen molar-refractivity contribution in [1.82, 2.24) is 9.55 Å². The van der Waals surface area contributed by atoms with Gasteiger partial charge in [-0.05, 0) is 31.9 Å². The molecule has 1 atom stereocenters. The highest BCUT2D eigenvalue weighted by atomic mass is 16.5. The van der Waals surface area contributed by atoms with Crippen molar-refractivity contribution in [3.63, 3.8) is 0 Å². The van der Waals surface area contributed by atoms with Gasteiger partial charge in [-0.25, -0.2) is 9.78 Å². The summed E-state index contributed by atoms with van der Waals surface area (Å²) in [5.41, 5.74) is 2.85. The van der Waals surface area contributed by atoms with Crippen LogP contribution in [0.4, 0.5) is 0 Å². The molecule has 0 radical (unpaired) electrons. The number of imidazole rings is 1. The third-order valence-corrected chi connectivity index (χ3v) is 3.21. The number of nitrogens with zero attached hydrogens (tertiary/aromatic N) is 2. The molecule has 1 aromatic carbocycles. The van der Waals surface area contributed by atoms with Crippen molar-refractivity contribution in [3.8, 4) is 0 Å². The van der Waals surface area contributed by atoms with E-state index in [1.807, 2.05) is 23.6 Å². The minimum absolute atomic E-state index is 0.0445. The highest BCUT2D eigenvalue weighted by Crippen LogP contribution is 2.22. The number of carbonyl (C=O) groups is 1. The van der Waals surface area contributed by atoms with Gasteiger partial charge in [0.25, 0.3) is 0 Å². The number of hydrogen-bond donors (Lipinski definition) is 0. The lowest BCUT2D eigenvalue weighted by Crippen LogP contribution is -2.16. The van der Waals surface area contributed by atoms with Gasteiger partial charge in [0.2, 0.25) is 0 Å². The molecule has 0 bridgehead atoms. The maximum Gasteiger partial charge on any atom is 0.356 e. The Balaban J connectivity index is 2.35. The first-order valence-corrected chi connectivity index (χ1v) is 6.39. The predicted octanol–water partition coefficient (Wildman–Crippen LogP) is 2.98. The van der Waals surface area contributed by atoms with E-state index in [-0.39, 0.29) is 12.0 Å². The lowest BCUT2D eigenvalue weighted by Gasteiger charge is -2.18. The molecule has 0 aliphatic carbocycles. The van der Waals surface area contributed by atoms with Crippen LogP contribution in [0, 0.1) is 6.92 Å². The van der Waals surface area contributed by atoms with Gasteiger partial charge < -0.3 is 9.30 Å². The van der Waals surface area contributed by atoms with Crippen LogP contribution in [0.5, 0.6) is 0 Å². The average Bonchev–Trinajstić information content (AvgIpc) is 2.88. The SMILES string of the molecule is CCOC(=O)c1cncn1C(C)c1ccccc1C. The van der Waals surface area contributed by atoms with Crippen LogP contribution in [-0.4, -0.2) is 22.1 Å². The number of aryl methyl sites for hydroxylation is 1. The van der Waals surface area contributed by atoms with Gasteiger partial charge in [-0.2, -0.15) is 0 Å². The van der Waals surface area contributed by atoms with Gasteiger partial charge in [0.1, 0.15) is 5.69 Å². The quantitative estimate of drug-likeness (QED) is 0.792. The second kappa shape index (κ2) is 5.69. The molecule has 4 heteroatoms. The fraction of sp³-hybridized carbons (Fsp3) is 0.333. The maximum atomic E-state index is 11.9. The third-order valence-electron chi connectivity index (χ3n) is 3.21. The van der Waals surface area contributed by atoms with Crippen LogP contribution in [0.15, 0.2) is 36.8 Å². The molecule has 0 aliphatic heterocycles. The van der Waals surface area contributed by atoms with Crippen molar-refractivity contribution in [2.45, 2.75) is 26.8 Å². The summed E-state index contributed by atoms with van der Waals surface area (Å²) < 4.78 is 6.89. The molecule has 2 aromatic rings. The number of hydrogen-bond acceptors (Lipinski definition) is 3. The van der Waals surface area contributed by atoms with Crippen LogP contribution in [-0.2, 0) is 4.74 Å². The standard InChI is InChI=1S/C15H18N2O2/c1-4-19-15(18)14-9-16-10-17(14)12(3)13-8-6-5-7-11(13)2/h5-10,12H,4H2,1-3H3. The number of ether oxygens (including phenoxy) is 1. The number of carbonyl (C=O) groups excluding carboxylic acids is 1. The zero-order valence-corrected chi connectivity index (χ0v) is 11.5. The third kappa shape index (κ3) is 2.67. The summed E-state index contributed by atoms with van der Waals surface area (Å²) in [5, 5.41) is 0. The van der Waals surface area contributed by atoms with Crippen molar-refractivity contribution in [2.24, 2.45) is 0 Å². The van der Waals surface area contributed by atoms with E-state index in [1.165, 1.54) is 11.1 Å². The topological polar surface area (TPSA) is 44.1 Å². The van der Waals surface area contributed by atoms with Crippen molar-refractivity contribution in [2.75, 3.05) is 6.61 Å². The summed E-state index contributed by atoms with van der Waals surface area (Å²) >= 11 is 0. The van der Waals surface area contributed by atoms with Gasteiger partial charge >= 0.3 is 5.97 Å². The van der Waals surface area contributed by atoms with Gasteiger partial charge in [0.15, 0.2) is 0 Å². The lowest BCUT2D eigenvalue weighted by atomic mass is 10.0. The second-order valence-corrected chi connectivity index (χ2v) is 4.44. The molecule has 0 aliphatic rings. The van der Waals surface area contributed by atoms with Gasteiger partial charge in [-0.3, -0.25) is 0 Å². The van der Waals surface area contributed by atoms with Crippen molar-refractivity contribution >= 4 is 5.97 Å². The van der Waals surface area contributed by atoms with E-state index in [0.717, 1.165) is 0 Å². The molecule has 1 heterocycles. The smallest absolute Gasteiger partial charge is 0.356 e. The van der Waals surface area contributed by atoms with E-state index in [9.17, 15) is 4.79 Å². The van der Waals surface area contributed by atoms with Crippen molar-refractivity contribution in [1.29, 1.82) is 0 Å². The molecular formula is C15H18N2O2. The molecule has 4 nitrogen and oxygen atoms in total. The minimum atomic E-state index is -0.333. The minimum Gasteiger partial charge on any atom is -0.461 e. The largest absolute Gasteiger partial charge is 0.461 e. The van der Waals surface area contributed by atoms with Gasteiger partial charge in [0, 0.05) is 0 Å². The van der Waals surface area contributed by atoms with Crippen LogP contribution in [0.25, 0.3) is 0 Å². The summed E-state index contributed by atoms with van der Waals surface area (Å²) in [6.07, 6.45) is 3.22. The Morgan fingerprint density at radius 1 is 1.42 bits per heavy atom. The lowest BCUT2D eigenvalue weighted by molar-refractivity contribution is 0.0512. The molecule has 19 heavy (non-hydrogen) atoms. The maximum absolute atomic E-state index is 11.9. The van der Waals surface area contributed by atoms with Crippen molar-refractivity contribution in [3.05, 3.63) is 53.6 Å². The highest BCUT2D eigenvalue weighted by Gasteiger charge is 2.18. The average molecular weight is 258 g/mol. The van der Waals surface area contributed by atoms with Gasteiger partial charge in [-0.1, -0.05) is 24.3 Å². The Kier molecular flexibility index (Phi) is 4.00. The number of esters is 1. The van der Waals surface area contributed by atoms with E-state index >= 15 is 0 Å².